The quantitative estimate of drug-likeness (QED) is 0.210. The molecular formula is C21H41NO4. The number of nitrogens with one attached hydrogen (secondary N) is 1. The Kier molecular flexibility index (Phi) is 19.4. The average Bonchev–Trinajstić information content (AvgIpc) is 2.60. The molecule has 0 fully saturated rings. The molecule has 0 rings (SSSR count). The summed E-state index contributed by atoms with van der Waals surface area (Å²) in [7, 11) is 1.46. The predicted octanol–water partition coefficient (Wildman–Crippen LogP) is 5.77. The Labute approximate surface area is 160 Å². The zero-order chi connectivity index (χ0) is 19.3. The van der Waals surface area contributed by atoms with E-state index in [1.54, 1.807) is 0 Å². The zero-order valence-electron chi connectivity index (χ0n) is 16.9. The van der Waals surface area contributed by atoms with Gasteiger partial charge in [0.25, 0.3) is 0 Å². The van der Waals surface area contributed by atoms with E-state index in [4.69, 9.17) is 5.11 Å². The molecule has 1 amide bonds. The van der Waals surface area contributed by atoms with Crippen molar-refractivity contribution < 1.29 is 19.5 Å². The first kappa shape index (κ1) is 24.9. The van der Waals surface area contributed by atoms with E-state index < -0.39 is 5.97 Å². The highest BCUT2D eigenvalue weighted by Gasteiger charge is 1.99. The van der Waals surface area contributed by atoms with E-state index in [1.807, 2.05) is 0 Å². The SMILES string of the molecule is CONC(=O)CCCCCCCCCCCCCCCCCCC(=O)O. The topological polar surface area (TPSA) is 75.6 Å². The maximum Gasteiger partial charge on any atom is 0.303 e. The van der Waals surface area contributed by atoms with Crippen molar-refractivity contribution in [3.63, 3.8) is 0 Å². The first-order chi connectivity index (χ1) is 12.7. The van der Waals surface area contributed by atoms with Crippen LogP contribution >= 0.6 is 0 Å². The summed E-state index contributed by atoms with van der Waals surface area (Å²) in [5, 5.41) is 8.56. The van der Waals surface area contributed by atoms with Crippen molar-refractivity contribution >= 4 is 11.9 Å². The summed E-state index contributed by atoms with van der Waals surface area (Å²) in [4.78, 5) is 26.1. The fraction of sp³-hybridized carbons (Fsp3) is 0.905. The molecule has 26 heavy (non-hydrogen) atoms. The summed E-state index contributed by atoms with van der Waals surface area (Å²) in [6.45, 7) is 0. The van der Waals surface area contributed by atoms with Gasteiger partial charge in [-0.25, -0.2) is 5.48 Å². The van der Waals surface area contributed by atoms with Crippen LogP contribution in [-0.4, -0.2) is 24.1 Å². The van der Waals surface area contributed by atoms with Crippen molar-refractivity contribution in [1.82, 2.24) is 5.48 Å². The van der Waals surface area contributed by atoms with Crippen molar-refractivity contribution in [2.75, 3.05) is 7.11 Å². The lowest BCUT2D eigenvalue weighted by atomic mass is 10.0. The van der Waals surface area contributed by atoms with Crippen LogP contribution in [0.15, 0.2) is 0 Å². The summed E-state index contributed by atoms with van der Waals surface area (Å²) in [6, 6.07) is 0. The summed E-state index contributed by atoms with van der Waals surface area (Å²) in [5.41, 5.74) is 2.35. The Balaban J connectivity index is 3.05. The fourth-order valence-corrected chi connectivity index (χ4v) is 3.20. The van der Waals surface area contributed by atoms with Crippen LogP contribution in [0, 0.1) is 0 Å². The molecule has 2 N–H and O–H groups in total. The van der Waals surface area contributed by atoms with E-state index >= 15 is 0 Å². The Morgan fingerprint density at radius 1 is 0.615 bits per heavy atom. The minimum Gasteiger partial charge on any atom is -0.481 e. The van der Waals surface area contributed by atoms with Crippen LogP contribution in [0.1, 0.15) is 116 Å². The van der Waals surface area contributed by atoms with Crippen molar-refractivity contribution in [1.29, 1.82) is 0 Å². The van der Waals surface area contributed by atoms with Crippen LogP contribution in [0.4, 0.5) is 0 Å². The molecule has 0 aromatic carbocycles. The van der Waals surface area contributed by atoms with Crippen molar-refractivity contribution in [2.24, 2.45) is 0 Å². The van der Waals surface area contributed by atoms with E-state index in [9.17, 15) is 9.59 Å². The van der Waals surface area contributed by atoms with Crippen molar-refractivity contribution in [3.8, 4) is 0 Å². The van der Waals surface area contributed by atoms with Gasteiger partial charge in [0.05, 0.1) is 7.11 Å². The van der Waals surface area contributed by atoms with E-state index in [0.717, 1.165) is 25.7 Å². The number of carboxylic acids is 1. The predicted molar refractivity (Wildman–Crippen MR) is 106 cm³/mol. The highest BCUT2D eigenvalue weighted by atomic mass is 16.6. The molecule has 0 radical (unpaired) electrons. The molecular weight excluding hydrogens is 330 g/mol. The van der Waals surface area contributed by atoms with Gasteiger partial charge in [0.15, 0.2) is 0 Å². The highest BCUT2D eigenvalue weighted by molar-refractivity contribution is 5.74. The molecule has 5 heteroatoms. The smallest absolute Gasteiger partial charge is 0.303 e. The van der Waals surface area contributed by atoms with Gasteiger partial charge in [0.1, 0.15) is 0 Å². The number of hydroxylamine groups is 1. The maximum absolute atomic E-state index is 11.2. The van der Waals surface area contributed by atoms with Crippen LogP contribution in [0.5, 0.6) is 0 Å². The number of hydrogen-bond donors (Lipinski definition) is 2. The van der Waals surface area contributed by atoms with Gasteiger partial charge in [0, 0.05) is 12.8 Å². The number of carboxylic acid groups (broad SMARTS) is 1. The van der Waals surface area contributed by atoms with E-state index in [-0.39, 0.29) is 5.91 Å². The average molecular weight is 372 g/mol. The molecule has 0 aromatic heterocycles. The van der Waals surface area contributed by atoms with Gasteiger partial charge in [-0.05, 0) is 12.8 Å². The van der Waals surface area contributed by atoms with Gasteiger partial charge in [-0.1, -0.05) is 89.9 Å². The van der Waals surface area contributed by atoms with Crippen LogP contribution in [0.25, 0.3) is 0 Å². The monoisotopic (exact) mass is 371 g/mol. The lowest BCUT2D eigenvalue weighted by molar-refractivity contribution is -0.137. The second-order valence-electron chi connectivity index (χ2n) is 7.28. The summed E-state index contributed by atoms with van der Waals surface area (Å²) < 4.78 is 0. The van der Waals surface area contributed by atoms with E-state index in [1.165, 1.54) is 84.2 Å². The molecule has 0 heterocycles. The Morgan fingerprint density at radius 2 is 0.923 bits per heavy atom. The van der Waals surface area contributed by atoms with E-state index in [2.05, 4.69) is 10.3 Å². The largest absolute Gasteiger partial charge is 0.481 e. The summed E-state index contributed by atoms with van der Waals surface area (Å²) in [5.74, 6) is -0.692. The van der Waals surface area contributed by atoms with Crippen LogP contribution in [0.3, 0.4) is 0 Å². The standard InChI is InChI=1S/C21H41NO4/c1-26-22-20(23)18-16-14-12-10-8-6-4-2-3-5-7-9-11-13-15-17-19-21(24)25/h2-19H2,1H3,(H,22,23)(H,24,25). The number of unbranched alkanes of at least 4 members (excludes halogenated alkanes) is 15. The minimum absolute atomic E-state index is 0.0225. The molecule has 0 spiro atoms. The summed E-state index contributed by atoms with van der Waals surface area (Å²) in [6.07, 6.45) is 20.5. The molecule has 5 nitrogen and oxygen atoms in total. The summed E-state index contributed by atoms with van der Waals surface area (Å²) >= 11 is 0. The fourth-order valence-electron chi connectivity index (χ4n) is 3.20. The van der Waals surface area contributed by atoms with Gasteiger partial charge in [-0.2, -0.15) is 0 Å². The molecule has 154 valence electrons. The van der Waals surface area contributed by atoms with Gasteiger partial charge in [0.2, 0.25) is 5.91 Å². The van der Waals surface area contributed by atoms with Gasteiger partial charge < -0.3 is 5.11 Å². The first-order valence-electron chi connectivity index (χ1n) is 10.7. The Bertz CT molecular complexity index is 334. The normalized spacial score (nSPS) is 10.8. The number of carbonyl (C=O) groups excluding carboxylic acids is 1. The second-order valence-corrected chi connectivity index (χ2v) is 7.28. The van der Waals surface area contributed by atoms with Gasteiger partial charge in [-0.15, -0.1) is 0 Å². The molecule has 0 unspecified atom stereocenters. The lowest BCUT2D eigenvalue weighted by Gasteiger charge is -2.04. The van der Waals surface area contributed by atoms with E-state index in [0.29, 0.717) is 12.8 Å². The van der Waals surface area contributed by atoms with Crippen molar-refractivity contribution in [2.45, 2.75) is 116 Å². The van der Waals surface area contributed by atoms with Gasteiger partial charge >= 0.3 is 5.97 Å². The molecule has 0 bridgehead atoms. The molecule has 0 aliphatic carbocycles. The number of hydrogen-bond acceptors (Lipinski definition) is 3. The molecule has 0 atom stereocenters. The van der Waals surface area contributed by atoms with Crippen molar-refractivity contribution in [3.05, 3.63) is 0 Å². The molecule has 0 saturated carbocycles. The Hall–Kier alpha value is -1.10. The third-order valence-electron chi connectivity index (χ3n) is 4.76. The van der Waals surface area contributed by atoms with Crippen LogP contribution < -0.4 is 5.48 Å². The number of rotatable bonds is 20. The Morgan fingerprint density at radius 3 is 1.23 bits per heavy atom. The third-order valence-corrected chi connectivity index (χ3v) is 4.76. The second kappa shape index (κ2) is 20.2. The van der Waals surface area contributed by atoms with Crippen LogP contribution in [0.2, 0.25) is 0 Å². The maximum atomic E-state index is 11.2. The molecule has 0 aliphatic heterocycles. The third kappa shape index (κ3) is 20.9. The molecule has 0 aromatic rings. The number of carbonyl (C=O) groups is 2. The lowest BCUT2D eigenvalue weighted by Crippen LogP contribution is -2.21. The minimum atomic E-state index is -0.669. The van der Waals surface area contributed by atoms with Crippen LogP contribution in [-0.2, 0) is 14.4 Å². The number of aliphatic carboxylic acids is 1. The first-order valence-corrected chi connectivity index (χ1v) is 10.7. The molecule has 0 saturated heterocycles. The zero-order valence-corrected chi connectivity index (χ0v) is 16.9. The molecule has 0 aliphatic rings. The highest BCUT2D eigenvalue weighted by Crippen LogP contribution is 2.14. The van der Waals surface area contributed by atoms with Gasteiger partial charge in [-0.3, -0.25) is 14.4 Å². The number of amides is 1.